The standard InChI is InChI=1S/C12H9N.C9H7N.C6H7N/c1-3-7-11-9(5-1)10-6-2-4-8-12(10)13-11;1-2-6-9-8(4-1)5-3-7-10-9;1-2-4-6-7-5-3-1/h1-8,13H;1-7H;1-7H. The van der Waals surface area contributed by atoms with E-state index in [9.17, 15) is 0 Å². The lowest BCUT2D eigenvalue weighted by atomic mass is 10.2. The average molecular weight is 390 g/mol. The number of fused-ring (bicyclic) bond motifs is 4. The zero-order valence-electron chi connectivity index (χ0n) is 16.6. The molecule has 5 aromatic rings. The topological polar surface area (TPSA) is 40.7 Å². The Morgan fingerprint density at radius 2 is 1.10 bits per heavy atom. The highest BCUT2D eigenvalue weighted by molar-refractivity contribution is 6.06. The molecule has 146 valence electrons. The van der Waals surface area contributed by atoms with Crippen molar-refractivity contribution in [2.24, 2.45) is 0 Å². The van der Waals surface area contributed by atoms with Crippen molar-refractivity contribution >= 4 is 32.7 Å². The molecule has 0 bridgehead atoms. The molecule has 0 saturated heterocycles. The van der Waals surface area contributed by atoms with Gasteiger partial charge in [-0.25, -0.2) is 0 Å². The van der Waals surface area contributed by atoms with E-state index in [1.54, 1.807) is 0 Å². The Labute approximate surface area is 176 Å². The Morgan fingerprint density at radius 3 is 1.77 bits per heavy atom. The predicted molar refractivity (Wildman–Crippen MR) is 128 cm³/mol. The summed E-state index contributed by atoms with van der Waals surface area (Å²) in [6.07, 6.45) is 13.4. The first kappa shape index (κ1) is 19.2. The fourth-order valence-corrected chi connectivity index (χ4v) is 3.22. The number of aromatic nitrogens is 2. The highest BCUT2D eigenvalue weighted by Crippen LogP contribution is 2.24. The molecular formula is C27H23N3. The Hall–Kier alpha value is -4.11. The Kier molecular flexibility index (Phi) is 6.34. The third-order valence-corrected chi connectivity index (χ3v) is 4.64. The van der Waals surface area contributed by atoms with Crippen LogP contribution in [0.3, 0.4) is 0 Å². The molecule has 0 saturated carbocycles. The molecule has 1 aliphatic rings. The van der Waals surface area contributed by atoms with Crippen molar-refractivity contribution in [2.75, 3.05) is 0 Å². The van der Waals surface area contributed by atoms with Gasteiger partial charge in [-0.1, -0.05) is 72.8 Å². The van der Waals surface area contributed by atoms with Gasteiger partial charge in [0, 0.05) is 45.8 Å². The number of aromatic amines is 1. The van der Waals surface area contributed by atoms with Crippen LogP contribution in [0.5, 0.6) is 0 Å². The molecule has 1 aliphatic heterocycles. The van der Waals surface area contributed by atoms with Crippen molar-refractivity contribution in [3.8, 4) is 0 Å². The van der Waals surface area contributed by atoms with Gasteiger partial charge in [0.15, 0.2) is 0 Å². The number of H-pyrrole nitrogens is 1. The molecule has 30 heavy (non-hydrogen) atoms. The second-order valence-electron chi connectivity index (χ2n) is 6.68. The third-order valence-electron chi connectivity index (χ3n) is 4.64. The lowest BCUT2D eigenvalue weighted by Crippen LogP contribution is -1.87. The first-order chi connectivity index (χ1) is 14.9. The zero-order valence-corrected chi connectivity index (χ0v) is 16.6. The number of allylic oxidation sites excluding steroid dienone is 4. The van der Waals surface area contributed by atoms with E-state index in [1.807, 2.05) is 67.2 Å². The maximum absolute atomic E-state index is 4.18. The van der Waals surface area contributed by atoms with Gasteiger partial charge in [-0.15, -0.1) is 0 Å². The number of hydrogen-bond acceptors (Lipinski definition) is 2. The van der Waals surface area contributed by atoms with Crippen LogP contribution in [0.15, 0.2) is 128 Å². The minimum atomic E-state index is 1.06. The van der Waals surface area contributed by atoms with Crippen LogP contribution in [-0.4, -0.2) is 9.97 Å². The molecule has 2 aromatic heterocycles. The van der Waals surface area contributed by atoms with Gasteiger partial charge in [0.1, 0.15) is 0 Å². The summed E-state index contributed by atoms with van der Waals surface area (Å²) in [5.41, 5.74) is 3.48. The lowest BCUT2D eigenvalue weighted by molar-refractivity contribution is 1.20. The van der Waals surface area contributed by atoms with Crippen molar-refractivity contribution in [3.63, 3.8) is 0 Å². The van der Waals surface area contributed by atoms with E-state index in [2.05, 4.69) is 75.9 Å². The van der Waals surface area contributed by atoms with Gasteiger partial charge < -0.3 is 10.3 Å². The second kappa shape index (κ2) is 9.89. The normalized spacial score (nSPS) is 11.9. The fourth-order valence-electron chi connectivity index (χ4n) is 3.22. The molecule has 0 fully saturated rings. The molecule has 0 aliphatic carbocycles. The number of pyridine rings is 1. The first-order valence-electron chi connectivity index (χ1n) is 9.91. The second-order valence-corrected chi connectivity index (χ2v) is 6.68. The molecule has 0 unspecified atom stereocenters. The molecule has 0 amide bonds. The molecule has 0 atom stereocenters. The summed E-state index contributed by atoms with van der Waals surface area (Å²) < 4.78 is 0. The van der Waals surface area contributed by atoms with Crippen LogP contribution in [0, 0.1) is 0 Å². The fraction of sp³-hybridized carbons (Fsp3) is 0. The molecule has 0 spiro atoms. The predicted octanol–water partition coefficient (Wildman–Crippen LogP) is 6.73. The van der Waals surface area contributed by atoms with E-state index in [0.29, 0.717) is 0 Å². The maximum Gasteiger partial charge on any atom is 0.0701 e. The Balaban J connectivity index is 0.000000115. The first-order valence-corrected chi connectivity index (χ1v) is 9.91. The summed E-state index contributed by atoms with van der Waals surface area (Å²) in [6.45, 7) is 0. The molecule has 3 heteroatoms. The van der Waals surface area contributed by atoms with Gasteiger partial charge in [0.2, 0.25) is 0 Å². The molecule has 2 N–H and O–H groups in total. The van der Waals surface area contributed by atoms with Gasteiger partial charge in [-0.05, 0) is 36.4 Å². The highest BCUT2D eigenvalue weighted by atomic mass is 14.8. The molecule has 6 rings (SSSR count). The van der Waals surface area contributed by atoms with Crippen molar-refractivity contribution < 1.29 is 0 Å². The zero-order chi connectivity index (χ0) is 20.4. The summed E-state index contributed by atoms with van der Waals surface area (Å²) in [5.74, 6) is 0. The minimum absolute atomic E-state index is 1.06. The SMILES string of the molecule is C1=CC=CNC=C1.c1ccc2c(c1)[nH]c1ccccc12.c1ccc2ncccc2c1. The summed E-state index contributed by atoms with van der Waals surface area (Å²) in [7, 11) is 0. The number of rotatable bonds is 0. The number of nitrogens with one attached hydrogen (secondary N) is 2. The number of benzene rings is 3. The van der Waals surface area contributed by atoms with Crippen LogP contribution >= 0.6 is 0 Å². The summed E-state index contributed by atoms with van der Waals surface area (Å²) >= 11 is 0. The Morgan fingerprint density at radius 1 is 0.533 bits per heavy atom. The minimum Gasteiger partial charge on any atom is -0.368 e. The van der Waals surface area contributed by atoms with Crippen LogP contribution in [0.25, 0.3) is 32.7 Å². The van der Waals surface area contributed by atoms with Gasteiger partial charge in [-0.2, -0.15) is 0 Å². The van der Waals surface area contributed by atoms with Crippen LogP contribution in [0.1, 0.15) is 0 Å². The van der Waals surface area contributed by atoms with Crippen molar-refractivity contribution in [1.29, 1.82) is 0 Å². The van der Waals surface area contributed by atoms with Crippen molar-refractivity contribution in [2.45, 2.75) is 0 Å². The average Bonchev–Trinajstić information content (AvgIpc) is 2.96. The molecular weight excluding hydrogens is 366 g/mol. The quantitative estimate of drug-likeness (QED) is 0.308. The van der Waals surface area contributed by atoms with Gasteiger partial charge in [0.25, 0.3) is 0 Å². The largest absolute Gasteiger partial charge is 0.368 e. The van der Waals surface area contributed by atoms with Crippen LogP contribution in [-0.2, 0) is 0 Å². The van der Waals surface area contributed by atoms with E-state index < -0.39 is 0 Å². The van der Waals surface area contributed by atoms with Crippen molar-refractivity contribution in [3.05, 3.63) is 128 Å². The lowest BCUT2D eigenvalue weighted by Gasteiger charge is -1.91. The highest BCUT2D eigenvalue weighted by Gasteiger charge is 2.00. The van der Waals surface area contributed by atoms with Crippen LogP contribution in [0.4, 0.5) is 0 Å². The number of nitrogens with zero attached hydrogens (tertiary/aromatic N) is 1. The number of para-hydroxylation sites is 3. The van der Waals surface area contributed by atoms with Crippen LogP contribution in [0.2, 0.25) is 0 Å². The summed E-state index contributed by atoms with van der Waals surface area (Å²) in [4.78, 5) is 7.56. The third kappa shape index (κ3) is 4.83. The van der Waals surface area contributed by atoms with E-state index in [1.165, 1.54) is 27.2 Å². The molecule has 0 radical (unpaired) electrons. The summed E-state index contributed by atoms with van der Waals surface area (Å²) in [6, 6.07) is 28.8. The maximum atomic E-state index is 4.18. The van der Waals surface area contributed by atoms with E-state index in [4.69, 9.17) is 0 Å². The van der Waals surface area contributed by atoms with E-state index >= 15 is 0 Å². The van der Waals surface area contributed by atoms with E-state index in [-0.39, 0.29) is 0 Å². The van der Waals surface area contributed by atoms with Gasteiger partial charge in [0.05, 0.1) is 5.52 Å². The van der Waals surface area contributed by atoms with E-state index in [0.717, 1.165) is 5.52 Å². The molecule has 3 nitrogen and oxygen atoms in total. The van der Waals surface area contributed by atoms with Crippen LogP contribution < -0.4 is 5.32 Å². The monoisotopic (exact) mass is 389 g/mol. The molecule has 3 heterocycles. The van der Waals surface area contributed by atoms with Gasteiger partial charge >= 0.3 is 0 Å². The molecule has 3 aromatic carbocycles. The van der Waals surface area contributed by atoms with Gasteiger partial charge in [-0.3, -0.25) is 4.98 Å². The van der Waals surface area contributed by atoms with Crippen molar-refractivity contribution in [1.82, 2.24) is 15.3 Å². The Bertz CT molecular complexity index is 1200. The smallest absolute Gasteiger partial charge is 0.0701 e. The number of hydrogen-bond donors (Lipinski definition) is 2. The summed E-state index contributed by atoms with van der Waals surface area (Å²) in [5, 5.41) is 6.73.